The minimum atomic E-state index is -0.902. The second kappa shape index (κ2) is 6.64. The Morgan fingerprint density at radius 3 is 2.16 bits per heavy atom. The molecule has 6 heteroatoms. The van der Waals surface area contributed by atoms with Crippen LogP contribution >= 0.6 is 0 Å². The molecule has 4 rings (SSSR count). The molecule has 0 atom stereocenters. The average molecular weight is 338 g/mol. The van der Waals surface area contributed by atoms with E-state index in [0.717, 1.165) is 43.2 Å². The number of carbonyl (C=O) groups is 1. The molecule has 1 fully saturated rings. The highest BCUT2D eigenvalue weighted by Gasteiger charge is 2.27. The molecule has 0 radical (unpaired) electrons. The standard InChI is InChI=1S/C19H22N4O2/c24-19(25)23-14-13-22(17-3-1-2-4-18(17)23)16-7-5-15(6-8-16)21-11-9-20-10-12-21/h1-8,20H,9-14H2,(H,24,25). The summed E-state index contributed by atoms with van der Waals surface area (Å²) in [5.41, 5.74) is 4.01. The fourth-order valence-corrected chi connectivity index (χ4v) is 3.59. The summed E-state index contributed by atoms with van der Waals surface area (Å²) in [6.45, 7) is 5.21. The smallest absolute Gasteiger partial charge is 0.411 e. The van der Waals surface area contributed by atoms with Crippen molar-refractivity contribution in [2.45, 2.75) is 0 Å². The van der Waals surface area contributed by atoms with Gasteiger partial charge in [0.25, 0.3) is 0 Å². The average Bonchev–Trinajstić information content (AvgIpc) is 2.68. The number of carboxylic acid groups (broad SMARTS) is 1. The molecule has 25 heavy (non-hydrogen) atoms. The first kappa shape index (κ1) is 15.8. The zero-order chi connectivity index (χ0) is 17.2. The van der Waals surface area contributed by atoms with Crippen LogP contribution < -0.4 is 20.0 Å². The lowest BCUT2D eigenvalue weighted by molar-refractivity contribution is 0.201. The number of para-hydroxylation sites is 2. The number of amides is 1. The molecular weight excluding hydrogens is 316 g/mol. The van der Waals surface area contributed by atoms with Crippen LogP contribution in [-0.4, -0.2) is 50.5 Å². The predicted molar refractivity (Wildman–Crippen MR) is 100 cm³/mol. The number of fused-ring (bicyclic) bond motifs is 1. The Bertz CT molecular complexity index is 756. The first-order valence-corrected chi connectivity index (χ1v) is 8.67. The fraction of sp³-hybridized carbons (Fsp3) is 0.316. The largest absolute Gasteiger partial charge is 0.465 e. The maximum absolute atomic E-state index is 11.5. The van der Waals surface area contributed by atoms with Crippen LogP contribution in [0.25, 0.3) is 0 Å². The zero-order valence-corrected chi connectivity index (χ0v) is 14.1. The molecule has 6 nitrogen and oxygen atoms in total. The third-order valence-corrected chi connectivity index (χ3v) is 4.88. The summed E-state index contributed by atoms with van der Waals surface area (Å²) in [5, 5.41) is 12.8. The number of hydrogen-bond acceptors (Lipinski definition) is 4. The maximum Gasteiger partial charge on any atom is 0.411 e. The summed E-state index contributed by atoms with van der Waals surface area (Å²) >= 11 is 0. The fourth-order valence-electron chi connectivity index (χ4n) is 3.59. The van der Waals surface area contributed by atoms with Gasteiger partial charge in [0, 0.05) is 50.6 Å². The number of anilines is 4. The molecule has 1 amide bonds. The number of nitrogens with zero attached hydrogens (tertiary/aromatic N) is 3. The monoisotopic (exact) mass is 338 g/mol. The normalized spacial score (nSPS) is 17.4. The number of piperazine rings is 1. The SMILES string of the molecule is O=C(O)N1CCN(c2ccc(N3CCNCC3)cc2)c2ccccc21. The van der Waals surface area contributed by atoms with E-state index in [9.17, 15) is 9.90 Å². The van der Waals surface area contributed by atoms with Gasteiger partial charge in [-0.15, -0.1) is 0 Å². The van der Waals surface area contributed by atoms with Gasteiger partial charge in [-0.25, -0.2) is 4.79 Å². The van der Waals surface area contributed by atoms with Gasteiger partial charge in [0.2, 0.25) is 0 Å². The summed E-state index contributed by atoms with van der Waals surface area (Å²) in [5.74, 6) is 0. The molecule has 0 bridgehead atoms. The molecule has 2 aromatic carbocycles. The quantitative estimate of drug-likeness (QED) is 0.882. The molecule has 0 spiro atoms. The van der Waals surface area contributed by atoms with E-state index in [4.69, 9.17) is 0 Å². The highest BCUT2D eigenvalue weighted by atomic mass is 16.4. The van der Waals surface area contributed by atoms with Gasteiger partial charge >= 0.3 is 6.09 Å². The topological polar surface area (TPSA) is 59.1 Å². The minimum absolute atomic E-state index is 0.464. The van der Waals surface area contributed by atoms with Crippen LogP contribution in [0.2, 0.25) is 0 Å². The number of hydrogen-bond donors (Lipinski definition) is 2. The second-order valence-corrected chi connectivity index (χ2v) is 6.33. The van der Waals surface area contributed by atoms with Gasteiger partial charge in [0.05, 0.1) is 11.4 Å². The van der Waals surface area contributed by atoms with Crippen LogP contribution in [-0.2, 0) is 0 Å². The van der Waals surface area contributed by atoms with Crippen molar-refractivity contribution in [3.63, 3.8) is 0 Å². The predicted octanol–water partition coefficient (Wildman–Crippen LogP) is 2.73. The van der Waals surface area contributed by atoms with Crippen LogP contribution in [0.15, 0.2) is 48.5 Å². The summed E-state index contributed by atoms with van der Waals surface area (Å²) in [4.78, 5) is 17.5. The van der Waals surface area contributed by atoms with Crippen LogP contribution in [0.3, 0.4) is 0 Å². The Morgan fingerprint density at radius 1 is 0.840 bits per heavy atom. The van der Waals surface area contributed by atoms with Crippen molar-refractivity contribution in [1.82, 2.24) is 5.32 Å². The lowest BCUT2D eigenvalue weighted by atomic mass is 10.1. The van der Waals surface area contributed by atoms with Crippen LogP contribution in [0, 0.1) is 0 Å². The molecule has 130 valence electrons. The van der Waals surface area contributed by atoms with Crippen molar-refractivity contribution < 1.29 is 9.90 Å². The Hall–Kier alpha value is -2.73. The minimum Gasteiger partial charge on any atom is -0.465 e. The molecule has 0 saturated carbocycles. The highest BCUT2D eigenvalue weighted by Crippen LogP contribution is 2.38. The Balaban J connectivity index is 1.61. The van der Waals surface area contributed by atoms with Gasteiger partial charge in [0.15, 0.2) is 0 Å². The molecule has 2 aliphatic rings. The van der Waals surface area contributed by atoms with Crippen molar-refractivity contribution >= 4 is 28.8 Å². The lowest BCUT2D eigenvalue weighted by Crippen LogP contribution is -2.43. The number of benzene rings is 2. The van der Waals surface area contributed by atoms with Crippen molar-refractivity contribution in [1.29, 1.82) is 0 Å². The van der Waals surface area contributed by atoms with E-state index in [-0.39, 0.29) is 0 Å². The second-order valence-electron chi connectivity index (χ2n) is 6.33. The number of rotatable bonds is 2. The zero-order valence-electron chi connectivity index (χ0n) is 14.1. The van der Waals surface area contributed by atoms with E-state index < -0.39 is 6.09 Å². The van der Waals surface area contributed by atoms with E-state index in [2.05, 4.69) is 39.4 Å². The van der Waals surface area contributed by atoms with Gasteiger partial charge in [-0.2, -0.15) is 0 Å². The molecule has 2 N–H and O–H groups in total. The third-order valence-electron chi connectivity index (χ3n) is 4.88. The van der Waals surface area contributed by atoms with Crippen LogP contribution in [0.1, 0.15) is 0 Å². The summed E-state index contributed by atoms with van der Waals surface area (Å²) < 4.78 is 0. The van der Waals surface area contributed by atoms with E-state index >= 15 is 0 Å². The van der Waals surface area contributed by atoms with E-state index in [0.29, 0.717) is 13.1 Å². The maximum atomic E-state index is 11.5. The molecular formula is C19H22N4O2. The van der Waals surface area contributed by atoms with Crippen molar-refractivity contribution in [3.8, 4) is 0 Å². The van der Waals surface area contributed by atoms with Gasteiger partial charge in [0.1, 0.15) is 0 Å². The molecule has 0 aliphatic carbocycles. The van der Waals surface area contributed by atoms with E-state index in [1.54, 1.807) is 0 Å². The first-order valence-electron chi connectivity index (χ1n) is 8.67. The third kappa shape index (κ3) is 3.00. The van der Waals surface area contributed by atoms with Gasteiger partial charge in [-0.05, 0) is 36.4 Å². The summed E-state index contributed by atoms with van der Waals surface area (Å²) in [6, 6.07) is 16.3. The van der Waals surface area contributed by atoms with Crippen LogP contribution in [0.4, 0.5) is 27.5 Å². The Labute approximate surface area is 147 Å². The lowest BCUT2D eigenvalue weighted by Gasteiger charge is -2.36. The van der Waals surface area contributed by atoms with Crippen molar-refractivity contribution in [3.05, 3.63) is 48.5 Å². The molecule has 1 saturated heterocycles. The van der Waals surface area contributed by atoms with E-state index in [1.807, 2.05) is 24.3 Å². The first-order chi connectivity index (χ1) is 12.2. The summed E-state index contributed by atoms with van der Waals surface area (Å²) in [6.07, 6.45) is -0.902. The van der Waals surface area contributed by atoms with Crippen molar-refractivity contribution in [2.75, 3.05) is 54.0 Å². The van der Waals surface area contributed by atoms with E-state index in [1.165, 1.54) is 10.6 Å². The van der Waals surface area contributed by atoms with Crippen molar-refractivity contribution in [2.24, 2.45) is 0 Å². The molecule has 2 aromatic rings. The summed E-state index contributed by atoms with van der Waals surface area (Å²) in [7, 11) is 0. The Morgan fingerprint density at radius 2 is 1.48 bits per heavy atom. The highest BCUT2D eigenvalue weighted by molar-refractivity contribution is 5.94. The van der Waals surface area contributed by atoms with Gasteiger partial charge in [-0.3, -0.25) is 4.90 Å². The molecule has 0 aromatic heterocycles. The van der Waals surface area contributed by atoms with Gasteiger partial charge in [-0.1, -0.05) is 12.1 Å². The molecule has 2 heterocycles. The number of nitrogens with one attached hydrogen (secondary N) is 1. The molecule has 0 unspecified atom stereocenters. The Kier molecular flexibility index (Phi) is 4.19. The molecule has 2 aliphatic heterocycles. The van der Waals surface area contributed by atoms with Gasteiger partial charge < -0.3 is 20.2 Å². The van der Waals surface area contributed by atoms with Crippen LogP contribution in [0.5, 0.6) is 0 Å².